The van der Waals surface area contributed by atoms with Crippen LogP contribution in [0.25, 0.3) is 22.3 Å². The van der Waals surface area contributed by atoms with Gasteiger partial charge in [0.25, 0.3) is 5.91 Å². The summed E-state index contributed by atoms with van der Waals surface area (Å²) < 4.78 is 1.99. The number of hydrogen-bond acceptors (Lipinski definition) is 8. The molecule has 10 nitrogen and oxygen atoms in total. The number of aryl methyl sites for hydroxylation is 1. The number of carbonyl (C=O) groups excluding carboxylic acids is 1. The maximum Gasteiger partial charge on any atom is 0.254 e. The van der Waals surface area contributed by atoms with Crippen LogP contribution in [0.2, 0.25) is 0 Å². The van der Waals surface area contributed by atoms with Crippen LogP contribution in [0.1, 0.15) is 21.6 Å². The maximum absolute atomic E-state index is 13.0. The van der Waals surface area contributed by atoms with E-state index < -0.39 is 0 Å². The molecule has 3 aliphatic heterocycles. The average Bonchev–Trinajstić information content (AvgIpc) is 3.42. The van der Waals surface area contributed by atoms with Crippen molar-refractivity contribution in [2.75, 3.05) is 43.4 Å². The van der Waals surface area contributed by atoms with Gasteiger partial charge in [0.05, 0.1) is 40.6 Å². The molecule has 0 spiro atoms. The molecule has 4 aromatic heterocycles. The number of rotatable bonds is 3. The molecule has 1 unspecified atom stereocenters. The molecule has 37 heavy (non-hydrogen) atoms. The Balaban J connectivity index is 1.25. The summed E-state index contributed by atoms with van der Waals surface area (Å²) in [6.07, 6.45) is 5.53. The van der Waals surface area contributed by atoms with Crippen molar-refractivity contribution < 1.29 is 4.79 Å². The molecule has 0 aromatic carbocycles. The highest BCUT2D eigenvalue weighted by molar-refractivity contribution is 6.06. The van der Waals surface area contributed by atoms with Gasteiger partial charge in [0.2, 0.25) is 0 Å². The summed E-state index contributed by atoms with van der Waals surface area (Å²) in [6, 6.07) is 8.60. The number of fused-ring (bicyclic) bond motifs is 5. The van der Waals surface area contributed by atoms with Crippen LogP contribution in [-0.4, -0.2) is 69.6 Å². The third kappa shape index (κ3) is 3.63. The van der Waals surface area contributed by atoms with Gasteiger partial charge in [0.15, 0.2) is 0 Å². The van der Waals surface area contributed by atoms with Crippen LogP contribution in [0.3, 0.4) is 0 Å². The molecule has 3 N–H and O–H groups in total. The fourth-order valence-electron chi connectivity index (χ4n) is 5.89. The van der Waals surface area contributed by atoms with Gasteiger partial charge in [0.1, 0.15) is 11.5 Å². The van der Waals surface area contributed by atoms with Crippen molar-refractivity contribution in [3.8, 4) is 11.3 Å². The molecule has 0 saturated carbocycles. The maximum atomic E-state index is 13.0. The second kappa shape index (κ2) is 8.53. The van der Waals surface area contributed by atoms with E-state index in [1.54, 1.807) is 12.4 Å². The molecule has 1 fully saturated rings. The number of carbonyl (C=O) groups is 1. The first kappa shape index (κ1) is 22.2. The van der Waals surface area contributed by atoms with Crippen LogP contribution in [0.4, 0.5) is 17.2 Å². The van der Waals surface area contributed by atoms with Gasteiger partial charge < -0.3 is 30.3 Å². The lowest BCUT2D eigenvalue weighted by atomic mass is 10.0. The molecule has 4 aromatic rings. The van der Waals surface area contributed by atoms with Crippen molar-refractivity contribution in [2.45, 2.75) is 19.1 Å². The third-order valence-corrected chi connectivity index (χ3v) is 7.74. The Morgan fingerprint density at radius 3 is 2.92 bits per heavy atom. The Labute approximate surface area is 214 Å². The lowest BCUT2D eigenvalue weighted by Crippen LogP contribution is -2.54. The highest BCUT2D eigenvalue weighted by Gasteiger charge is 2.31. The first-order chi connectivity index (χ1) is 18.1. The quantitative estimate of drug-likeness (QED) is 0.398. The van der Waals surface area contributed by atoms with E-state index in [4.69, 9.17) is 9.97 Å². The number of hydrogen-bond donors (Lipinski definition) is 3. The number of nitrogens with one attached hydrogen (secondary N) is 3. The molecule has 1 amide bonds. The number of likely N-dealkylation sites (N-methyl/N-ethyl adjacent to an activating group) is 1. The number of nitrogens with zero attached hydrogens (tertiary/aromatic N) is 6. The topological polar surface area (TPSA) is 103 Å². The van der Waals surface area contributed by atoms with Gasteiger partial charge in [-0.15, -0.1) is 0 Å². The molecule has 1 atom stereocenters. The van der Waals surface area contributed by atoms with Crippen LogP contribution < -0.4 is 20.9 Å². The smallest absolute Gasteiger partial charge is 0.254 e. The molecular formula is C27H29N9O. The molecule has 188 valence electrons. The highest BCUT2D eigenvalue weighted by Crippen LogP contribution is 2.36. The summed E-state index contributed by atoms with van der Waals surface area (Å²) in [5.74, 6) is 0.607. The van der Waals surface area contributed by atoms with E-state index in [-0.39, 0.29) is 5.91 Å². The first-order valence-corrected chi connectivity index (χ1v) is 12.7. The van der Waals surface area contributed by atoms with E-state index in [1.165, 1.54) is 5.69 Å². The Bertz CT molecular complexity index is 1540. The molecule has 1 saturated heterocycles. The minimum atomic E-state index is -0.101. The number of aromatic nitrogens is 4. The van der Waals surface area contributed by atoms with Crippen molar-refractivity contribution in [3.63, 3.8) is 0 Å². The normalized spacial score (nSPS) is 19.2. The highest BCUT2D eigenvalue weighted by atomic mass is 16.1. The fraction of sp³-hybridized carbons (Fsp3) is 0.333. The lowest BCUT2D eigenvalue weighted by molar-refractivity contribution is 0.0966. The average molecular weight is 496 g/mol. The largest absolute Gasteiger partial charge is 0.363 e. The van der Waals surface area contributed by atoms with Gasteiger partial charge >= 0.3 is 0 Å². The Morgan fingerprint density at radius 1 is 1.08 bits per heavy atom. The van der Waals surface area contributed by atoms with Crippen LogP contribution in [0.15, 0.2) is 42.9 Å². The van der Waals surface area contributed by atoms with E-state index in [0.717, 1.165) is 59.7 Å². The van der Waals surface area contributed by atoms with Gasteiger partial charge in [-0.25, -0.2) is 9.97 Å². The third-order valence-electron chi connectivity index (χ3n) is 7.74. The molecule has 7 rings (SSSR count). The zero-order valence-corrected chi connectivity index (χ0v) is 21.0. The standard InChI is InChI=1S/C27H29N9O/c1-34-9-10-36-16(15-34)11-28-13-20-22(36)3-4-23(32-20)33-21-14-30-25(19-12-31-27(37)24(19)21)17-5-7-29-26-18(17)6-8-35(26)2/h3-8,14,16,28H,9-13,15H2,1-2H3,(H,31,37)(H,32,33). The summed E-state index contributed by atoms with van der Waals surface area (Å²) in [7, 11) is 4.15. The number of piperazine rings is 1. The van der Waals surface area contributed by atoms with E-state index in [9.17, 15) is 4.79 Å². The van der Waals surface area contributed by atoms with E-state index in [2.05, 4.69) is 43.8 Å². The summed E-state index contributed by atoms with van der Waals surface area (Å²) in [6.45, 7) is 5.17. The second-order valence-electron chi connectivity index (χ2n) is 10.1. The minimum Gasteiger partial charge on any atom is -0.363 e. The molecular weight excluding hydrogens is 466 g/mol. The van der Waals surface area contributed by atoms with Crippen molar-refractivity contribution in [3.05, 3.63) is 59.7 Å². The summed E-state index contributed by atoms with van der Waals surface area (Å²) in [5.41, 5.74) is 7.05. The van der Waals surface area contributed by atoms with Crippen LogP contribution in [0.5, 0.6) is 0 Å². The lowest BCUT2D eigenvalue weighted by Gasteiger charge is -2.40. The van der Waals surface area contributed by atoms with Gasteiger partial charge in [-0.05, 0) is 31.3 Å². The van der Waals surface area contributed by atoms with Gasteiger partial charge in [-0.1, -0.05) is 0 Å². The molecule has 7 heterocycles. The molecule has 0 radical (unpaired) electrons. The molecule has 0 bridgehead atoms. The van der Waals surface area contributed by atoms with E-state index in [1.807, 2.05) is 36.0 Å². The predicted molar refractivity (Wildman–Crippen MR) is 143 cm³/mol. The zero-order chi connectivity index (χ0) is 25.1. The monoisotopic (exact) mass is 495 g/mol. The van der Waals surface area contributed by atoms with Crippen molar-refractivity contribution in [1.82, 2.24) is 35.1 Å². The molecule has 3 aliphatic rings. The minimum absolute atomic E-state index is 0.101. The Kier molecular flexibility index (Phi) is 5.12. The second-order valence-corrected chi connectivity index (χ2v) is 10.1. The van der Waals surface area contributed by atoms with Gasteiger partial charge in [0, 0.05) is 75.2 Å². The van der Waals surface area contributed by atoms with Crippen molar-refractivity contribution >= 4 is 34.1 Å². The zero-order valence-electron chi connectivity index (χ0n) is 21.0. The Hall–Kier alpha value is -4.02. The van der Waals surface area contributed by atoms with Crippen LogP contribution >= 0.6 is 0 Å². The first-order valence-electron chi connectivity index (χ1n) is 12.7. The summed E-state index contributed by atoms with van der Waals surface area (Å²) in [5, 5.41) is 11.0. The summed E-state index contributed by atoms with van der Waals surface area (Å²) in [4.78, 5) is 32.1. The predicted octanol–water partition coefficient (Wildman–Crippen LogP) is 2.24. The SMILES string of the molecule is CN1CCN2c3ccc(Nc4cnc(-c5ccnc6c5ccn6C)c5c4C(=O)NC5)nc3CNCC2C1. The molecule has 10 heteroatoms. The van der Waals surface area contributed by atoms with Crippen molar-refractivity contribution in [1.29, 1.82) is 0 Å². The van der Waals surface area contributed by atoms with E-state index >= 15 is 0 Å². The number of pyridine rings is 3. The number of anilines is 3. The summed E-state index contributed by atoms with van der Waals surface area (Å²) >= 11 is 0. The molecule has 0 aliphatic carbocycles. The number of amides is 1. The van der Waals surface area contributed by atoms with Crippen LogP contribution in [-0.2, 0) is 20.1 Å². The van der Waals surface area contributed by atoms with Gasteiger partial charge in [-0.2, -0.15) is 0 Å². The van der Waals surface area contributed by atoms with E-state index in [0.29, 0.717) is 36.2 Å². The van der Waals surface area contributed by atoms with Crippen molar-refractivity contribution in [2.24, 2.45) is 7.05 Å². The fourth-order valence-corrected chi connectivity index (χ4v) is 5.89. The van der Waals surface area contributed by atoms with Gasteiger partial charge in [-0.3, -0.25) is 9.78 Å². The Morgan fingerprint density at radius 2 is 2.00 bits per heavy atom. The van der Waals surface area contributed by atoms with Crippen LogP contribution in [0, 0.1) is 0 Å².